The van der Waals surface area contributed by atoms with Crippen molar-refractivity contribution in [3.8, 4) is 0 Å². The van der Waals surface area contributed by atoms with Crippen LogP contribution in [0.2, 0.25) is 0 Å². The molecule has 0 atom stereocenters. The molecule has 0 aliphatic carbocycles. The van der Waals surface area contributed by atoms with Gasteiger partial charge in [-0.2, -0.15) is 0 Å². The molecule has 0 saturated carbocycles. The van der Waals surface area contributed by atoms with E-state index in [4.69, 9.17) is 0 Å². The van der Waals surface area contributed by atoms with Crippen LogP contribution in [0, 0.1) is 0 Å². The second-order valence-corrected chi connectivity index (χ2v) is 4.30. The van der Waals surface area contributed by atoms with Crippen LogP contribution in [0.15, 0.2) is 16.9 Å². The van der Waals surface area contributed by atoms with E-state index in [2.05, 4.69) is 0 Å². The largest absolute Gasteiger partial charge is 0.369 e. The fourth-order valence-electron chi connectivity index (χ4n) is 0.892. The molecule has 0 aromatic carbocycles. The zero-order valence-corrected chi connectivity index (χ0v) is 9.18. The highest BCUT2D eigenvalue weighted by atomic mass is 32.1. The summed E-state index contributed by atoms with van der Waals surface area (Å²) < 4.78 is 0. The van der Waals surface area contributed by atoms with Crippen molar-refractivity contribution in [2.75, 3.05) is 38.0 Å². The predicted molar refractivity (Wildman–Crippen MR) is 59.2 cm³/mol. The molecule has 0 amide bonds. The third kappa shape index (κ3) is 2.45. The number of anilines is 2. The molecule has 0 aliphatic heterocycles. The lowest BCUT2D eigenvalue weighted by Crippen LogP contribution is -2.14. The molecule has 1 aromatic rings. The van der Waals surface area contributed by atoms with Gasteiger partial charge >= 0.3 is 0 Å². The summed E-state index contributed by atoms with van der Waals surface area (Å²) in [5, 5.41) is 1.97. The number of hydrogen-bond acceptors (Lipinski definition) is 4. The van der Waals surface area contributed by atoms with Gasteiger partial charge < -0.3 is 9.80 Å². The molecule has 0 aliphatic rings. The van der Waals surface area contributed by atoms with Gasteiger partial charge in [0.05, 0.1) is 10.0 Å². The Balaban J connectivity index is 3.19. The fourth-order valence-corrected chi connectivity index (χ4v) is 1.82. The first-order valence-electron chi connectivity index (χ1n) is 4.00. The van der Waals surface area contributed by atoms with Gasteiger partial charge in [0.1, 0.15) is 0 Å². The summed E-state index contributed by atoms with van der Waals surface area (Å²) in [4.78, 5) is 15.2. The molecule has 0 saturated heterocycles. The van der Waals surface area contributed by atoms with Crippen molar-refractivity contribution in [3.05, 3.63) is 22.4 Å². The van der Waals surface area contributed by atoms with Gasteiger partial charge in [-0.05, 0) is 0 Å². The van der Waals surface area contributed by atoms with E-state index < -0.39 is 0 Å². The van der Waals surface area contributed by atoms with Gasteiger partial charge in [-0.25, -0.2) is 0 Å². The van der Waals surface area contributed by atoms with Gasteiger partial charge in [0, 0.05) is 40.3 Å². The number of nitrogens with zero attached hydrogens (tertiary/aromatic N) is 2. The standard InChI is InChI=1S/C9H14N2OS/c1-10(2)8-5-7(12)6-9(13-8)11(3)4/h5-6H,1-4H3. The van der Waals surface area contributed by atoms with Crippen molar-refractivity contribution in [1.29, 1.82) is 0 Å². The van der Waals surface area contributed by atoms with E-state index in [1.807, 2.05) is 38.0 Å². The molecule has 0 radical (unpaired) electrons. The Bertz CT molecular complexity index is 314. The van der Waals surface area contributed by atoms with Crippen LogP contribution < -0.4 is 15.2 Å². The highest BCUT2D eigenvalue weighted by Crippen LogP contribution is 2.24. The average molecular weight is 198 g/mol. The minimum absolute atomic E-state index is 0.0613. The summed E-state index contributed by atoms with van der Waals surface area (Å²) in [5.74, 6) is 0. The molecule has 0 N–H and O–H groups in total. The van der Waals surface area contributed by atoms with Gasteiger partial charge in [0.25, 0.3) is 0 Å². The van der Waals surface area contributed by atoms with Crippen LogP contribution in [0.1, 0.15) is 0 Å². The summed E-state index contributed by atoms with van der Waals surface area (Å²) >= 11 is 1.60. The van der Waals surface area contributed by atoms with Crippen LogP contribution in [-0.4, -0.2) is 28.2 Å². The molecule has 3 nitrogen and oxygen atoms in total. The fraction of sp³-hybridized carbons (Fsp3) is 0.444. The Labute approximate surface area is 82.2 Å². The molecule has 1 aromatic heterocycles. The summed E-state index contributed by atoms with van der Waals surface area (Å²) in [6.45, 7) is 0. The molecule has 72 valence electrons. The zero-order valence-electron chi connectivity index (χ0n) is 8.37. The van der Waals surface area contributed by atoms with E-state index in [1.54, 1.807) is 23.5 Å². The predicted octanol–water partition coefficient (Wildman–Crippen LogP) is 1.24. The Morgan fingerprint density at radius 3 is 1.69 bits per heavy atom. The normalized spacial score (nSPS) is 9.85. The van der Waals surface area contributed by atoms with E-state index >= 15 is 0 Å². The van der Waals surface area contributed by atoms with Gasteiger partial charge in [-0.3, -0.25) is 4.79 Å². The molecular weight excluding hydrogens is 184 g/mol. The molecule has 1 rings (SSSR count). The first-order chi connectivity index (χ1) is 6.00. The van der Waals surface area contributed by atoms with Crippen LogP contribution in [0.4, 0.5) is 10.0 Å². The zero-order chi connectivity index (χ0) is 10.0. The lowest BCUT2D eigenvalue weighted by atomic mass is 10.5. The molecule has 0 fully saturated rings. The van der Waals surface area contributed by atoms with Crippen LogP contribution in [-0.2, 0) is 0 Å². The first kappa shape index (κ1) is 10.1. The van der Waals surface area contributed by atoms with Crippen molar-refractivity contribution in [2.45, 2.75) is 0 Å². The topological polar surface area (TPSA) is 23.6 Å². The van der Waals surface area contributed by atoms with Gasteiger partial charge in [-0.1, -0.05) is 0 Å². The molecule has 1 heterocycles. The second kappa shape index (κ2) is 3.79. The van der Waals surface area contributed by atoms with Crippen LogP contribution in [0.25, 0.3) is 0 Å². The molecule has 0 spiro atoms. The summed E-state index contributed by atoms with van der Waals surface area (Å²) in [7, 11) is 7.74. The van der Waals surface area contributed by atoms with Crippen molar-refractivity contribution in [2.24, 2.45) is 0 Å². The summed E-state index contributed by atoms with van der Waals surface area (Å²) in [5.41, 5.74) is 0.0613. The SMILES string of the molecule is CN(C)c1cc(=O)cc(N(C)C)s1. The highest BCUT2D eigenvalue weighted by molar-refractivity contribution is 7.19. The number of hydrogen-bond donors (Lipinski definition) is 0. The van der Waals surface area contributed by atoms with Crippen molar-refractivity contribution in [3.63, 3.8) is 0 Å². The first-order valence-corrected chi connectivity index (χ1v) is 4.82. The second-order valence-electron chi connectivity index (χ2n) is 3.26. The molecule has 0 bridgehead atoms. The third-order valence-corrected chi connectivity index (χ3v) is 3.01. The lowest BCUT2D eigenvalue weighted by molar-refractivity contribution is 1.14. The maximum Gasteiger partial charge on any atom is 0.184 e. The molecule has 13 heavy (non-hydrogen) atoms. The third-order valence-electron chi connectivity index (χ3n) is 1.62. The highest BCUT2D eigenvalue weighted by Gasteiger charge is 2.02. The quantitative estimate of drug-likeness (QED) is 0.714. The van der Waals surface area contributed by atoms with Gasteiger partial charge in [0.15, 0.2) is 5.43 Å². The Morgan fingerprint density at radius 1 is 1.00 bits per heavy atom. The minimum atomic E-state index is 0.0613. The van der Waals surface area contributed by atoms with Gasteiger partial charge in [-0.15, -0.1) is 11.3 Å². The van der Waals surface area contributed by atoms with Crippen molar-refractivity contribution < 1.29 is 0 Å². The van der Waals surface area contributed by atoms with E-state index in [0.717, 1.165) is 10.0 Å². The van der Waals surface area contributed by atoms with Crippen molar-refractivity contribution in [1.82, 2.24) is 0 Å². The van der Waals surface area contributed by atoms with Crippen LogP contribution in [0.5, 0.6) is 0 Å². The molecule has 4 heteroatoms. The average Bonchev–Trinajstić information content (AvgIpc) is 2.03. The minimum Gasteiger partial charge on any atom is -0.369 e. The Kier molecular flexibility index (Phi) is 2.93. The Hall–Kier alpha value is -1.03. The van der Waals surface area contributed by atoms with E-state index in [-0.39, 0.29) is 5.43 Å². The maximum absolute atomic E-state index is 11.3. The molecular formula is C9H14N2OS. The maximum atomic E-state index is 11.3. The monoisotopic (exact) mass is 198 g/mol. The lowest BCUT2D eigenvalue weighted by Gasteiger charge is -2.15. The van der Waals surface area contributed by atoms with Crippen LogP contribution in [0.3, 0.4) is 0 Å². The van der Waals surface area contributed by atoms with Crippen LogP contribution >= 0.6 is 11.3 Å². The summed E-state index contributed by atoms with van der Waals surface area (Å²) in [6, 6.07) is 3.30. The van der Waals surface area contributed by atoms with Gasteiger partial charge in [0.2, 0.25) is 0 Å². The number of rotatable bonds is 2. The van der Waals surface area contributed by atoms with E-state index in [9.17, 15) is 4.79 Å². The van der Waals surface area contributed by atoms with E-state index in [1.165, 1.54) is 0 Å². The van der Waals surface area contributed by atoms with Crippen molar-refractivity contribution >= 4 is 21.3 Å². The molecule has 0 unspecified atom stereocenters. The summed E-state index contributed by atoms with van der Waals surface area (Å²) in [6.07, 6.45) is 0. The van der Waals surface area contributed by atoms with E-state index in [0.29, 0.717) is 0 Å². The Morgan fingerprint density at radius 2 is 1.38 bits per heavy atom. The smallest absolute Gasteiger partial charge is 0.184 e.